The third-order valence-electron chi connectivity index (χ3n) is 2.41. The normalized spacial score (nSPS) is 11.5. The fourth-order valence-electron chi connectivity index (χ4n) is 1.59. The van der Waals surface area contributed by atoms with E-state index in [0.29, 0.717) is 23.8 Å². The van der Waals surface area contributed by atoms with Crippen molar-refractivity contribution in [2.24, 2.45) is 0 Å². The van der Waals surface area contributed by atoms with Crippen LogP contribution in [0.2, 0.25) is 0 Å². The van der Waals surface area contributed by atoms with Crippen LogP contribution in [0.25, 0.3) is 11.5 Å². The van der Waals surface area contributed by atoms with E-state index in [9.17, 15) is 8.42 Å². The number of anilines is 1. The van der Waals surface area contributed by atoms with Crippen LogP contribution in [0.1, 0.15) is 19.2 Å². The molecule has 19 heavy (non-hydrogen) atoms. The monoisotopic (exact) mass is 281 g/mol. The van der Waals surface area contributed by atoms with Crippen molar-refractivity contribution in [3.8, 4) is 11.5 Å². The summed E-state index contributed by atoms with van der Waals surface area (Å²) in [6.07, 6.45) is 0.578. The van der Waals surface area contributed by atoms with Crippen LogP contribution in [-0.2, 0) is 10.0 Å². The van der Waals surface area contributed by atoms with E-state index in [1.54, 1.807) is 31.2 Å². The van der Waals surface area contributed by atoms with Crippen LogP contribution < -0.4 is 4.72 Å². The van der Waals surface area contributed by atoms with Crippen molar-refractivity contribution in [3.05, 3.63) is 30.1 Å². The van der Waals surface area contributed by atoms with Gasteiger partial charge in [0.15, 0.2) is 5.82 Å². The van der Waals surface area contributed by atoms with Crippen molar-refractivity contribution in [2.75, 3.05) is 10.5 Å². The number of hydrogen-bond donors (Lipinski definition) is 1. The molecule has 102 valence electrons. The first-order valence-corrected chi connectivity index (χ1v) is 7.56. The number of sulfonamides is 1. The molecule has 0 atom stereocenters. The highest BCUT2D eigenvalue weighted by atomic mass is 32.2. The van der Waals surface area contributed by atoms with E-state index in [-0.39, 0.29) is 5.75 Å². The lowest BCUT2D eigenvalue weighted by Crippen LogP contribution is -2.15. The molecule has 0 saturated heterocycles. The number of nitrogens with zero attached hydrogens (tertiary/aromatic N) is 2. The first-order chi connectivity index (χ1) is 9.00. The van der Waals surface area contributed by atoms with Crippen LogP contribution >= 0.6 is 0 Å². The minimum atomic E-state index is -3.26. The molecule has 1 aromatic heterocycles. The van der Waals surface area contributed by atoms with E-state index in [0.717, 1.165) is 5.56 Å². The summed E-state index contributed by atoms with van der Waals surface area (Å²) in [5.41, 5.74) is 1.27. The van der Waals surface area contributed by atoms with Gasteiger partial charge in [0, 0.05) is 11.3 Å². The van der Waals surface area contributed by atoms with Crippen LogP contribution in [-0.4, -0.2) is 24.3 Å². The van der Waals surface area contributed by atoms with Gasteiger partial charge in [-0.05, 0) is 37.6 Å². The second-order valence-electron chi connectivity index (χ2n) is 4.15. The van der Waals surface area contributed by atoms with Crippen molar-refractivity contribution in [1.29, 1.82) is 0 Å². The Hall–Kier alpha value is -1.89. The molecular formula is C12H15N3O3S. The molecule has 7 heteroatoms. The van der Waals surface area contributed by atoms with Gasteiger partial charge in [0.05, 0.1) is 5.75 Å². The standard InChI is InChI=1S/C12H15N3O3S/c1-3-8-19(16,17)15-11-6-4-10(5-7-11)12-13-9(2)14-18-12/h4-7,15H,3,8H2,1-2H3. The van der Waals surface area contributed by atoms with E-state index in [4.69, 9.17) is 4.52 Å². The van der Waals surface area contributed by atoms with Crippen LogP contribution in [0.4, 0.5) is 5.69 Å². The molecule has 0 aliphatic heterocycles. The first kappa shape index (κ1) is 13.5. The lowest BCUT2D eigenvalue weighted by Gasteiger charge is -2.06. The van der Waals surface area contributed by atoms with Crippen molar-refractivity contribution in [1.82, 2.24) is 10.1 Å². The van der Waals surface area contributed by atoms with Crippen LogP contribution in [0.15, 0.2) is 28.8 Å². The molecule has 2 rings (SSSR count). The Kier molecular flexibility index (Phi) is 3.84. The third kappa shape index (κ3) is 3.54. The Morgan fingerprint density at radius 3 is 2.47 bits per heavy atom. The molecule has 0 amide bonds. The summed E-state index contributed by atoms with van der Waals surface area (Å²) in [5, 5.41) is 3.70. The predicted molar refractivity (Wildman–Crippen MR) is 72.2 cm³/mol. The Bertz CT molecular complexity index is 647. The van der Waals surface area contributed by atoms with E-state index in [2.05, 4.69) is 14.9 Å². The number of benzene rings is 1. The summed E-state index contributed by atoms with van der Waals surface area (Å²) < 4.78 is 30.8. The largest absolute Gasteiger partial charge is 0.334 e. The summed E-state index contributed by atoms with van der Waals surface area (Å²) in [6.45, 7) is 3.56. The number of rotatable bonds is 5. The molecule has 0 aliphatic rings. The van der Waals surface area contributed by atoms with Gasteiger partial charge in [-0.1, -0.05) is 12.1 Å². The highest BCUT2D eigenvalue weighted by molar-refractivity contribution is 7.92. The highest BCUT2D eigenvalue weighted by Crippen LogP contribution is 2.20. The average Bonchev–Trinajstić information content (AvgIpc) is 2.76. The number of hydrogen-bond acceptors (Lipinski definition) is 5. The second kappa shape index (κ2) is 5.40. The summed E-state index contributed by atoms with van der Waals surface area (Å²) in [7, 11) is -3.26. The van der Waals surface area contributed by atoms with E-state index in [1.807, 2.05) is 6.92 Å². The average molecular weight is 281 g/mol. The predicted octanol–water partition coefficient (Wildman–Crippen LogP) is 2.20. The number of nitrogens with one attached hydrogen (secondary N) is 1. The molecule has 0 spiro atoms. The lowest BCUT2D eigenvalue weighted by molar-refractivity contribution is 0.425. The maximum Gasteiger partial charge on any atom is 0.257 e. The topological polar surface area (TPSA) is 85.1 Å². The van der Waals surface area contributed by atoms with E-state index >= 15 is 0 Å². The Labute approximate surface area is 111 Å². The molecule has 1 N–H and O–H groups in total. The van der Waals surface area contributed by atoms with Gasteiger partial charge < -0.3 is 4.52 Å². The van der Waals surface area contributed by atoms with Gasteiger partial charge in [-0.3, -0.25) is 4.72 Å². The molecule has 1 aromatic carbocycles. The van der Waals surface area contributed by atoms with Gasteiger partial charge in [0.25, 0.3) is 5.89 Å². The molecule has 0 bridgehead atoms. The molecular weight excluding hydrogens is 266 g/mol. The molecule has 2 aromatic rings. The Balaban J connectivity index is 2.15. The SMILES string of the molecule is CCCS(=O)(=O)Nc1ccc(-c2nc(C)no2)cc1. The van der Waals surface area contributed by atoms with E-state index < -0.39 is 10.0 Å². The van der Waals surface area contributed by atoms with Crippen LogP contribution in [0.5, 0.6) is 0 Å². The molecule has 0 fully saturated rings. The minimum Gasteiger partial charge on any atom is -0.334 e. The van der Waals surface area contributed by atoms with Crippen molar-refractivity contribution in [2.45, 2.75) is 20.3 Å². The second-order valence-corrected chi connectivity index (χ2v) is 5.99. The zero-order valence-electron chi connectivity index (χ0n) is 10.8. The maximum atomic E-state index is 11.6. The van der Waals surface area contributed by atoms with Crippen molar-refractivity contribution < 1.29 is 12.9 Å². The fourth-order valence-corrected chi connectivity index (χ4v) is 2.73. The van der Waals surface area contributed by atoms with Crippen LogP contribution in [0, 0.1) is 6.92 Å². The zero-order valence-corrected chi connectivity index (χ0v) is 11.6. The molecule has 0 unspecified atom stereocenters. The van der Waals surface area contributed by atoms with Gasteiger partial charge in [-0.25, -0.2) is 8.42 Å². The van der Waals surface area contributed by atoms with Crippen molar-refractivity contribution >= 4 is 15.7 Å². The molecule has 0 saturated carbocycles. The Morgan fingerprint density at radius 1 is 1.26 bits per heavy atom. The smallest absolute Gasteiger partial charge is 0.257 e. The minimum absolute atomic E-state index is 0.109. The lowest BCUT2D eigenvalue weighted by atomic mass is 10.2. The molecule has 0 aliphatic carbocycles. The summed E-state index contributed by atoms with van der Waals surface area (Å²) >= 11 is 0. The summed E-state index contributed by atoms with van der Waals surface area (Å²) in [6, 6.07) is 6.80. The van der Waals surface area contributed by atoms with E-state index in [1.165, 1.54) is 0 Å². The Morgan fingerprint density at radius 2 is 1.95 bits per heavy atom. The molecule has 6 nitrogen and oxygen atoms in total. The van der Waals surface area contributed by atoms with Gasteiger partial charge in [0.2, 0.25) is 10.0 Å². The zero-order chi connectivity index (χ0) is 13.9. The van der Waals surface area contributed by atoms with Crippen molar-refractivity contribution in [3.63, 3.8) is 0 Å². The van der Waals surface area contributed by atoms with Gasteiger partial charge in [0.1, 0.15) is 0 Å². The number of aromatic nitrogens is 2. The maximum absolute atomic E-state index is 11.6. The summed E-state index contributed by atoms with van der Waals surface area (Å²) in [5.74, 6) is 1.08. The van der Waals surface area contributed by atoms with Gasteiger partial charge in [-0.15, -0.1) is 0 Å². The van der Waals surface area contributed by atoms with Gasteiger partial charge >= 0.3 is 0 Å². The summed E-state index contributed by atoms with van der Waals surface area (Å²) in [4.78, 5) is 4.10. The fraction of sp³-hybridized carbons (Fsp3) is 0.333. The first-order valence-electron chi connectivity index (χ1n) is 5.91. The molecule has 1 heterocycles. The van der Waals surface area contributed by atoms with Gasteiger partial charge in [-0.2, -0.15) is 4.98 Å². The number of aryl methyl sites for hydroxylation is 1. The quantitative estimate of drug-likeness (QED) is 0.908. The third-order valence-corrected chi connectivity index (χ3v) is 3.90. The highest BCUT2D eigenvalue weighted by Gasteiger charge is 2.10. The van der Waals surface area contributed by atoms with Crippen LogP contribution in [0.3, 0.4) is 0 Å². The molecule has 0 radical (unpaired) electrons.